The Morgan fingerprint density at radius 1 is 1.43 bits per heavy atom. The molecule has 1 aromatic heterocycles. The van der Waals surface area contributed by atoms with Gasteiger partial charge in [-0.25, -0.2) is 4.98 Å². The maximum atomic E-state index is 12.5. The lowest BCUT2D eigenvalue weighted by Gasteiger charge is -2.20. The third-order valence-electron chi connectivity index (χ3n) is 3.72. The molecule has 1 amide bonds. The number of fused-ring (bicyclic) bond motifs is 1. The zero-order valence-corrected chi connectivity index (χ0v) is 13.5. The molecule has 1 aromatic carbocycles. The summed E-state index contributed by atoms with van der Waals surface area (Å²) in [6, 6.07) is 7.87. The Hall–Kier alpha value is -1.82. The molecule has 2 heterocycles. The summed E-state index contributed by atoms with van der Waals surface area (Å²) in [5.41, 5.74) is 1.35. The van der Waals surface area contributed by atoms with Crippen molar-refractivity contribution in [2.24, 2.45) is 0 Å². The van der Waals surface area contributed by atoms with Gasteiger partial charge in [-0.3, -0.25) is 4.79 Å². The van der Waals surface area contributed by atoms with E-state index >= 15 is 0 Å². The molecule has 5 nitrogen and oxygen atoms in total. The van der Waals surface area contributed by atoms with Crippen LogP contribution in [-0.2, 0) is 4.79 Å². The van der Waals surface area contributed by atoms with Crippen molar-refractivity contribution in [3.63, 3.8) is 0 Å². The van der Waals surface area contributed by atoms with Gasteiger partial charge in [-0.15, -0.1) is 0 Å². The number of benzene rings is 1. The Bertz CT molecular complexity index is 739. The molecule has 1 aliphatic rings. The minimum atomic E-state index is -0.618. The number of amides is 1. The third kappa shape index (κ3) is 3.27. The molecule has 2 N–H and O–H groups in total. The molecule has 0 saturated carbocycles. The van der Waals surface area contributed by atoms with E-state index in [-0.39, 0.29) is 19.1 Å². The molecule has 1 aliphatic heterocycles. The molecule has 2 aromatic rings. The van der Waals surface area contributed by atoms with E-state index in [0.717, 1.165) is 5.56 Å². The normalized spacial score (nSPS) is 17.3. The van der Waals surface area contributed by atoms with Gasteiger partial charge in [0.05, 0.1) is 12.6 Å². The van der Waals surface area contributed by atoms with Crippen molar-refractivity contribution in [2.75, 3.05) is 13.2 Å². The Morgan fingerprint density at radius 2 is 2.26 bits per heavy atom. The highest BCUT2D eigenvalue weighted by Gasteiger charge is 2.32. The summed E-state index contributed by atoms with van der Waals surface area (Å²) in [7, 11) is 0. The van der Waals surface area contributed by atoms with Crippen molar-refractivity contribution in [3.8, 4) is 5.88 Å². The number of halogens is 2. The zero-order valence-electron chi connectivity index (χ0n) is 12.0. The number of aliphatic hydroxyl groups excluding tert-OH is 1. The van der Waals surface area contributed by atoms with Crippen LogP contribution in [0.25, 0.3) is 0 Å². The summed E-state index contributed by atoms with van der Waals surface area (Å²) in [6.45, 7) is -0.0504. The van der Waals surface area contributed by atoms with Gasteiger partial charge in [-0.2, -0.15) is 0 Å². The van der Waals surface area contributed by atoms with E-state index in [1.165, 1.54) is 0 Å². The summed E-state index contributed by atoms with van der Waals surface area (Å²) >= 11 is 12.0. The molecule has 23 heavy (non-hydrogen) atoms. The second kappa shape index (κ2) is 6.74. The lowest BCUT2D eigenvalue weighted by molar-refractivity contribution is -0.123. The number of ether oxygens (including phenoxy) is 1. The average Bonchev–Trinajstić information content (AvgIpc) is 2.97. The molecule has 3 rings (SSSR count). The van der Waals surface area contributed by atoms with E-state index in [2.05, 4.69) is 10.3 Å². The molecule has 0 bridgehead atoms. The number of hydrogen-bond donors (Lipinski definition) is 2. The van der Waals surface area contributed by atoms with Crippen LogP contribution in [0, 0.1) is 0 Å². The highest BCUT2D eigenvalue weighted by atomic mass is 35.5. The van der Waals surface area contributed by atoms with Gasteiger partial charge in [0, 0.05) is 21.8 Å². The smallest absolute Gasteiger partial charge is 0.231 e. The largest absolute Gasteiger partial charge is 0.476 e. The van der Waals surface area contributed by atoms with Crippen molar-refractivity contribution >= 4 is 29.1 Å². The van der Waals surface area contributed by atoms with Crippen LogP contribution < -0.4 is 10.1 Å². The first-order chi connectivity index (χ1) is 11.1. The van der Waals surface area contributed by atoms with E-state index in [9.17, 15) is 9.90 Å². The first kappa shape index (κ1) is 16.1. The number of aromatic nitrogens is 1. The first-order valence-corrected chi connectivity index (χ1v) is 7.79. The molecule has 0 saturated heterocycles. The lowest BCUT2D eigenvalue weighted by atomic mass is 10.0. The van der Waals surface area contributed by atoms with Gasteiger partial charge in [-0.1, -0.05) is 35.3 Å². The summed E-state index contributed by atoms with van der Waals surface area (Å²) in [4.78, 5) is 16.6. The Balaban J connectivity index is 1.79. The van der Waals surface area contributed by atoms with Crippen molar-refractivity contribution in [2.45, 2.75) is 12.0 Å². The molecule has 2 atom stereocenters. The maximum Gasteiger partial charge on any atom is 0.231 e. The number of nitrogens with one attached hydrogen (secondary N) is 1. The van der Waals surface area contributed by atoms with Gasteiger partial charge in [-0.05, 0) is 23.8 Å². The molecule has 7 heteroatoms. The van der Waals surface area contributed by atoms with Crippen LogP contribution in [0.2, 0.25) is 10.0 Å². The third-order valence-corrected chi connectivity index (χ3v) is 4.28. The fourth-order valence-corrected chi connectivity index (χ4v) is 3.08. The lowest BCUT2D eigenvalue weighted by Crippen LogP contribution is -2.35. The van der Waals surface area contributed by atoms with Gasteiger partial charge in [0.25, 0.3) is 0 Å². The highest BCUT2D eigenvalue weighted by molar-refractivity contribution is 6.35. The molecule has 0 aliphatic carbocycles. The molecule has 120 valence electrons. The minimum absolute atomic E-state index is 0.227. The maximum absolute atomic E-state index is 12.5. The Morgan fingerprint density at radius 3 is 3.00 bits per heavy atom. The topological polar surface area (TPSA) is 71.5 Å². The van der Waals surface area contributed by atoms with Crippen molar-refractivity contribution in [3.05, 3.63) is 57.7 Å². The summed E-state index contributed by atoms with van der Waals surface area (Å²) in [5.74, 6) is -0.238. The number of carbonyl (C=O) groups excluding carboxylic acids is 1. The summed E-state index contributed by atoms with van der Waals surface area (Å²) < 4.78 is 5.41. The van der Waals surface area contributed by atoms with Gasteiger partial charge in [0.15, 0.2) is 0 Å². The van der Waals surface area contributed by atoms with Crippen molar-refractivity contribution in [1.29, 1.82) is 0 Å². The van der Waals surface area contributed by atoms with Gasteiger partial charge < -0.3 is 15.2 Å². The fraction of sp³-hybridized carbons (Fsp3) is 0.250. The van der Waals surface area contributed by atoms with E-state index in [1.54, 1.807) is 30.5 Å². The minimum Gasteiger partial charge on any atom is -0.476 e. The van der Waals surface area contributed by atoms with Gasteiger partial charge in [0.2, 0.25) is 11.8 Å². The Kier molecular flexibility index (Phi) is 4.71. The van der Waals surface area contributed by atoms with E-state index in [0.29, 0.717) is 21.5 Å². The van der Waals surface area contributed by atoms with Crippen LogP contribution in [0.5, 0.6) is 5.88 Å². The number of nitrogens with zero attached hydrogens (tertiary/aromatic N) is 1. The number of carbonyl (C=O) groups is 1. The molecular formula is C16H14Cl2N2O3. The molecular weight excluding hydrogens is 339 g/mol. The van der Waals surface area contributed by atoms with Crippen LogP contribution in [0.1, 0.15) is 23.1 Å². The SMILES string of the molecule is O=C(N[C@H](CO)c1ccc(Cl)cc1Cl)[C@H]1COc2ncccc21. The van der Waals surface area contributed by atoms with Crippen LogP contribution >= 0.6 is 23.2 Å². The number of pyridine rings is 1. The number of rotatable bonds is 4. The number of aliphatic hydroxyl groups is 1. The van der Waals surface area contributed by atoms with E-state index in [1.807, 2.05) is 6.07 Å². The predicted molar refractivity (Wildman–Crippen MR) is 86.9 cm³/mol. The van der Waals surface area contributed by atoms with Crippen LogP contribution in [0.15, 0.2) is 36.5 Å². The molecule has 0 spiro atoms. The van der Waals surface area contributed by atoms with E-state index < -0.39 is 12.0 Å². The number of hydrogen-bond acceptors (Lipinski definition) is 4. The van der Waals surface area contributed by atoms with Gasteiger partial charge >= 0.3 is 0 Å². The van der Waals surface area contributed by atoms with Crippen LogP contribution in [0.4, 0.5) is 0 Å². The van der Waals surface area contributed by atoms with Crippen molar-refractivity contribution < 1.29 is 14.6 Å². The van der Waals surface area contributed by atoms with Crippen LogP contribution in [-0.4, -0.2) is 29.2 Å². The Labute approximate surface area is 143 Å². The van der Waals surface area contributed by atoms with E-state index in [4.69, 9.17) is 27.9 Å². The quantitative estimate of drug-likeness (QED) is 0.887. The summed E-state index contributed by atoms with van der Waals surface area (Å²) in [6.07, 6.45) is 1.61. The molecule has 0 fully saturated rings. The molecule has 0 unspecified atom stereocenters. The monoisotopic (exact) mass is 352 g/mol. The second-order valence-electron chi connectivity index (χ2n) is 5.17. The average molecular weight is 353 g/mol. The van der Waals surface area contributed by atoms with Gasteiger partial charge in [0.1, 0.15) is 12.5 Å². The fourth-order valence-electron chi connectivity index (χ4n) is 2.54. The zero-order chi connectivity index (χ0) is 16.4. The predicted octanol–water partition coefficient (Wildman–Crippen LogP) is 2.71. The second-order valence-corrected chi connectivity index (χ2v) is 6.01. The highest BCUT2D eigenvalue weighted by Crippen LogP contribution is 2.32. The van der Waals surface area contributed by atoms with Crippen LogP contribution in [0.3, 0.4) is 0 Å². The van der Waals surface area contributed by atoms with Crippen molar-refractivity contribution in [1.82, 2.24) is 10.3 Å². The summed E-state index contributed by atoms with van der Waals surface area (Å²) in [5, 5.41) is 13.3. The standard InChI is InChI=1S/C16H14Cl2N2O3/c17-9-3-4-11(13(18)6-9)14(7-21)20-15(22)12-8-23-16-10(12)2-1-5-19-16/h1-6,12,14,21H,7-8H2,(H,20,22)/t12-,14+/m0/s1. The first-order valence-electron chi connectivity index (χ1n) is 7.04. The molecule has 0 radical (unpaired) electrons.